The highest BCUT2D eigenvalue weighted by molar-refractivity contribution is 7.92. The average Bonchev–Trinajstić information content (AvgIpc) is 2.10. The van der Waals surface area contributed by atoms with Gasteiger partial charge in [-0.1, -0.05) is 34.6 Å². The third-order valence-electron chi connectivity index (χ3n) is 3.19. The van der Waals surface area contributed by atoms with Crippen LogP contribution >= 0.6 is 0 Å². The molecule has 0 rings (SSSR count). The summed E-state index contributed by atoms with van der Waals surface area (Å²) < 4.78 is 29.5. The van der Waals surface area contributed by atoms with E-state index < -0.39 is 14.6 Å². The van der Waals surface area contributed by atoms with Crippen molar-refractivity contribution in [1.82, 2.24) is 0 Å². The van der Waals surface area contributed by atoms with Crippen molar-refractivity contribution in [3.63, 3.8) is 0 Å². The number of hydrogen-bond acceptors (Lipinski definition) is 3. The maximum Gasteiger partial charge on any atom is 0.155 e. The zero-order chi connectivity index (χ0) is 16.2. The van der Waals surface area contributed by atoms with Gasteiger partial charge in [0, 0.05) is 6.61 Å². The normalized spacial score (nSPS) is 14.6. The van der Waals surface area contributed by atoms with Crippen LogP contribution in [-0.4, -0.2) is 32.1 Å². The molecule has 0 aliphatic rings. The first kappa shape index (κ1) is 19.9. The van der Waals surface area contributed by atoms with Gasteiger partial charge in [0.15, 0.2) is 9.84 Å². The van der Waals surface area contributed by atoms with Crippen LogP contribution in [-0.2, 0) is 14.6 Å². The molecule has 0 atom stereocenters. The topological polar surface area (TPSA) is 43.4 Å². The molecule has 0 saturated carbocycles. The molecule has 0 aliphatic carbocycles. The summed E-state index contributed by atoms with van der Waals surface area (Å²) in [5.41, 5.74) is -0.0116. The second-order valence-corrected chi connectivity index (χ2v) is 11.5. The van der Waals surface area contributed by atoms with Gasteiger partial charge in [-0.25, -0.2) is 8.42 Å². The Morgan fingerprint density at radius 2 is 1.40 bits per heavy atom. The minimum absolute atomic E-state index is 0.186. The second kappa shape index (κ2) is 6.78. The lowest BCUT2D eigenvalue weighted by atomic mass is 9.90. The molecule has 0 N–H and O–H groups in total. The first-order chi connectivity index (χ1) is 8.66. The Morgan fingerprint density at radius 3 is 1.80 bits per heavy atom. The molecule has 0 fully saturated rings. The van der Waals surface area contributed by atoms with Crippen LogP contribution in [0.2, 0.25) is 0 Å². The molecule has 0 heterocycles. The predicted octanol–water partition coefficient (Wildman–Crippen LogP) is 4.07. The van der Waals surface area contributed by atoms with Gasteiger partial charge in [-0.3, -0.25) is 0 Å². The van der Waals surface area contributed by atoms with Gasteiger partial charge < -0.3 is 4.74 Å². The first-order valence-corrected chi connectivity index (χ1v) is 9.12. The molecule has 0 radical (unpaired) electrons. The van der Waals surface area contributed by atoms with Crippen molar-refractivity contribution in [3.05, 3.63) is 0 Å². The Labute approximate surface area is 126 Å². The van der Waals surface area contributed by atoms with E-state index in [4.69, 9.17) is 4.74 Å². The molecule has 20 heavy (non-hydrogen) atoms. The summed E-state index contributed by atoms with van der Waals surface area (Å²) in [5, 5.41) is 0. The van der Waals surface area contributed by atoms with E-state index in [2.05, 4.69) is 20.8 Å². The van der Waals surface area contributed by atoms with Crippen molar-refractivity contribution in [1.29, 1.82) is 0 Å². The van der Waals surface area contributed by atoms with Crippen LogP contribution in [0.4, 0.5) is 0 Å². The number of sulfone groups is 1. The Balaban J connectivity index is 4.22. The Hall–Kier alpha value is -0.0900. The van der Waals surface area contributed by atoms with E-state index in [1.165, 1.54) is 0 Å². The maximum absolute atomic E-state index is 12.3. The summed E-state index contributed by atoms with van der Waals surface area (Å²) in [6.07, 6.45) is 1.77. The lowest BCUT2D eigenvalue weighted by Crippen LogP contribution is -2.36. The van der Waals surface area contributed by atoms with Crippen molar-refractivity contribution in [2.45, 2.75) is 73.0 Å². The summed E-state index contributed by atoms with van der Waals surface area (Å²) >= 11 is 0. The van der Waals surface area contributed by atoms with Gasteiger partial charge in [-0.05, 0) is 44.4 Å². The summed E-state index contributed by atoms with van der Waals surface area (Å²) in [6, 6.07) is 0. The Morgan fingerprint density at radius 1 is 0.900 bits per heavy atom. The van der Waals surface area contributed by atoms with Crippen LogP contribution in [0.5, 0.6) is 0 Å². The molecule has 0 aromatic rings. The molecule has 0 aliphatic heterocycles. The second-order valence-electron chi connectivity index (χ2n) is 8.75. The van der Waals surface area contributed by atoms with E-state index >= 15 is 0 Å². The van der Waals surface area contributed by atoms with E-state index in [0.29, 0.717) is 6.61 Å². The summed E-state index contributed by atoms with van der Waals surface area (Å²) in [4.78, 5) is 0. The van der Waals surface area contributed by atoms with Crippen molar-refractivity contribution >= 4 is 9.84 Å². The molecular weight excluding hydrogens is 272 g/mol. The third kappa shape index (κ3) is 8.25. The van der Waals surface area contributed by atoms with Gasteiger partial charge >= 0.3 is 0 Å². The van der Waals surface area contributed by atoms with Crippen molar-refractivity contribution in [2.75, 3.05) is 19.0 Å². The molecule has 0 aromatic heterocycles. The average molecular weight is 307 g/mol. The summed E-state index contributed by atoms with van der Waals surface area (Å²) in [7, 11) is -3.06. The first-order valence-electron chi connectivity index (χ1n) is 7.46. The van der Waals surface area contributed by atoms with Crippen LogP contribution in [0.1, 0.15) is 68.2 Å². The molecular formula is C16H34O3S. The fourth-order valence-electron chi connectivity index (χ4n) is 1.83. The molecule has 0 aromatic carbocycles. The van der Waals surface area contributed by atoms with Gasteiger partial charge in [0.2, 0.25) is 0 Å². The molecule has 0 spiro atoms. The summed E-state index contributed by atoms with van der Waals surface area (Å²) in [6.45, 7) is 17.2. The van der Waals surface area contributed by atoms with Crippen LogP contribution < -0.4 is 0 Å². The van der Waals surface area contributed by atoms with E-state index in [1.807, 2.05) is 13.8 Å². The standard InChI is InChI=1S/C16H34O3S/c1-14(2,3)12-19-11-9-10-16(7,8)13-20(17,18)15(4,5)6/h9-13H2,1-8H3. The van der Waals surface area contributed by atoms with E-state index in [1.54, 1.807) is 20.8 Å². The highest BCUT2D eigenvalue weighted by Crippen LogP contribution is 2.29. The largest absolute Gasteiger partial charge is 0.381 e. The zero-order valence-corrected chi connectivity index (χ0v) is 15.5. The van der Waals surface area contributed by atoms with Crippen molar-refractivity contribution < 1.29 is 13.2 Å². The smallest absolute Gasteiger partial charge is 0.155 e. The highest BCUT2D eigenvalue weighted by Gasteiger charge is 2.34. The quantitative estimate of drug-likeness (QED) is 0.666. The third-order valence-corrected chi connectivity index (χ3v) is 6.22. The Bertz CT molecular complexity index is 381. The fourth-order valence-corrected chi connectivity index (χ4v) is 3.44. The minimum Gasteiger partial charge on any atom is -0.381 e. The molecule has 3 nitrogen and oxygen atoms in total. The van der Waals surface area contributed by atoms with Crippen LogP contribution in [0.15, 0.2) is 0 Å². The van der Waals surface area contributed by atoms with Gasteiger partial charge in [-0.2, -0.15) is 0 Å². The molecule has 0 amide bonds. The molecule has 4 heteroatoms. The van der Waals surface area contributed by atoms with Gasteiger partial charge in [0.05, 0.1) is 17.1 Å². The van der Waals surface area contributed by atoms with Gasteiger partial charge in [0.1, 0.15) is 0 Å². The minimum atomic E-state index is -3.06. The van der Waals surface area contributed by atoms with E-state index in [9.17, 15) is 8.42 Å². The van der Waals surface area contributed by atoms with E-state index in [0.717, 1.165) is 19.4 Å². The number of hydrogen-bond donors (Lipinski definition) is 0. The van der Waals surface area contributed by atoms with Crippen LogP contribution in [0.25, 0.3) is 0 Å². The summed E-state index contributed by atoms with van der Waals surface area (Å²) in [5.74, 6) is 0.239. The van der Waals surface area contributed by atoms with E-state index in [-0.39, 0.29) is 16.6 Å². The van der Waals surface area contributed by atoms with Gasteiger partial charge in [0.25, 0.3) is 0 Å². The lowest BCUT2D eigenvalue weighted by Gasteiger charge is -2.29. The molecule has 0 bridgehead atoms. The number of ether oxygens (including phenoxy) is 1. The fraction of sp³-hybridized carbons (Fsp3) is 1.00. The SMILES string of the molecule is CC(C)(C)COCCCC(C)(C)CS(=O)(=O)C(C)(C)C. The predicted molar refractivity (Wildman–Crippen MR) is 86.8 cm³/mol. The molecule has 0 saturated heterocycles. The number of rotatable bonds is 7. The zero-order valence-electron chi connectivity index (χ0n) is 14.7. The van der Waals surface area contributed by atoms with Crippen molar-refractivity contribution in [3.8, 4) is 0 Å². The van der Waals surface area contributed by atoms with Crippen LogP contribution in [0, 0.1) is 10.8 Å². The lowest BCUT2D eigenvalue weighted by molar-refractivity contribution is 0.0649. The monoisotopic (exact) mass is 306 g/mol. The highest BCUT2D eigenvalue weighted by atomic mass is 32.2. The van der Waals surface area contributed by atoms with Gasteiger partial charge in [-0.15, -0.1) is 0 Å². The molecule has 0 unspecified atom stereocenters. The van der Waals surface area contributed by atoms with Crippen molar-refractivity contribution in [2.24, 2.45) is 10.8 Å². The maximum atomic E-state index is 12.3. The Kier molecular flexibility index (Phi) is 6.75. The molecule has 122 valence electrons. The van der Waals surface area contributed by atoms with Crippen LogP contribution in [0.3, 0.4) is 0 Å².